The van der Waals surface area contributed by atoms with Gasteiger partial charge in [-0.15, -0.1) is 0 Å². The van der Waals surface area contributed by atoms with E-state index < -0.39 is 0 Å². The van der Waals surface area contributed by atoms with Gasteiger partial charge in [-0.1, -0.05) is 60.2 Å². The molecule has 0 N–H and O–H groups in total. The van der Waals surface area contributed by atoms with Crippen molar-refractivity contribution in [3.05, 3.63) is 95.3 Å². The summed E-state index contributed by atoms with van der Waals surface area (Å²) < 4.78 is 2.30. The summed E-state index contributed by atoms with van der Waals surface area (Å²) in [5.74, 6) is 1.25. The molecule has 1 atom stereocenters. The van der Waals surface area contributed by atoms with Crippen LogP contribution in [-0.4, -0.2) is 22.0 Å². The standard InChI is InChI=1S/C26H25N3O/c1-18-8-7-10-20(14-18)16-29-24-13-6-4-11-22(24)27-26(29)21-15-25(30)28(17-21)23-12-5-3-9-19(23)2/h3-14,21H,15-17H2,1-2H3/t21-/m0/s1. The van der Waals surface area contributed by atoms with Crippen LogP contribution in [0, 0.1) is 13.8 Å². The van der Waals surface area contributed by atoms with Gasteiger partial charge >= 0.3 is 0 Å². The van der Waals surface area contributed by atoms with Crippen molar-refractivity contribution in [3.8, 4) is 0 Å². The number of benzene rings is 3. The van der Waals surface area contributed by atoms with E-state index in [-0.39, 0.29) is 11.8 Å². The van der Waals surface area contributed by atoms with Gasteiger partial charge in [0.25, 0.3) is 0 Å². The highest BCUT2D eigenvalue weighted by Crippen LogP contribution is 2.34. The fraction of sp³-hybridized carbons (Fsp3) is 0.231. The number of imidazole rings is 1. The zero-order valence-electron chi connectivity index (χ0n) is 17.4. The number of aryl methyl sites for hydroxylation is 2. The lowest BCUT2D eigenvalue weighted by Crippen LogP contribution is -2.25. The molecule has 0 bridgehead atoms. The lowest BCUT2D eigenvalue weighted by atomic mass is 10.1. The molecule has 1 aliphatic rings. The third kappa shape index (κ3) is 3.28. The summed E-state index contributed by atoms with van der Waals surface area (Å²) in [5.41, 5.74) is 6.74. The molecule has 1 aromatic heterocycles. The lowest BCUT2D eigenvalue weighted by Gasteiger charge is -2.19. The van der Waals surface area contributed by atoms with E-state index >= 15 is 0 Å². The monoisotopic (exact) mass is 395 g/mol. The van der Waals surface area contributed by atoms with Crippen molar-refractivity contribution in [1.29, 1.82) is 0 Å². The van der Waals surface area contributed by atoms with Crippen molar-refractivity contribution < 1.29 is 4.79 Å². The van der Waals surface area contributed by atoms with Gasteiger partial charge in [-0.3, -0.25) is 4.79 Å². The maximum atomic E-state index is 12.9. The van der Waals surface area contributed by atoms with E-state index in [9.17, 15) is 4.79 Å². The average Bonchev–Trinajstić information content (AvgIpc) is 3.29. The van der Waals surface area contributed by atoms with Gasteiger partial charge in [-0.25, -0.2) is 4.98 Å². The number of fused-ring (bicyclic) bond motifs is 1. The Morgan fingerprint density at radius 2 is 1.77 bits per heavy atom. The summed E-state index contributed by atoms with van der Waals surface area (Å²) in [5, 5.41) is 0. The normalized spacial score (nSPS) is 16.5. The Labute approximate surface area is 176 Å². The molecule has 4 heteroatoms. The summed E-state index contributed by atoms with van der Waals surface area (Å²) in [6.45, 7) is 5.60. The quantitative estimate of drug-likeness (QED) is 0.475. The number of anilines is 1. The second-order valence-electron chi connectivity index (χ2n) is 8.23. The van der Waals surface area contributed by atoms with Crippen LogP contribution >= 0.6 is 0 Å². The van der Waals surface area contributed by atoms with E-state index in [1.807, 2.05) is 29.2 Å². The minimum atomic E-state index is 0.0781. The predicted molar refractivity (Wildman–Crippen MR) is 121 cm³/mol. The first-order chi connectivity index (χ1) is 14.6. The summed E-state index contributed by atoms with van der Waals surface area (Å²) in [6, 6.07) is 25.0. The molecule has 0 unspecified atom stereocenters. The van der Waals surface area contributed by atoms with Crippen LogP contribution in [0.5, 0.6) is 0 Å². The number of carbonyl (C=O) groups excluding carboxylic acids is 1. The SMILES string of the molecule is Cc1cccc(Cn2c([C@H]3CC(=O)N(c4ccccc4C)C3)nc3ccccc32)c1. The number of nitrogens with zero attached hydrogens (tertiary/aromatic N) is 3. The van der Waals surface area contributed by atoms with Gasteiger partial charge in [0.15, 0.2) is 0 Å². The number of amides is 1. The molecular formula is C26H25N3O. The molecule has 30 heavy (non-hydrogen) atoms. The molecule has 5 rings (SSSR count). The Balaban J connectivity index is 1.54. The minimum absolute atomic E-state index is 0.0781. The maximum absolute atomic E-state index is 12.9. The van der Waals surface area contributed by atoms with Gasteiger partial charge in [0.05, 0.1) is 11.0 Å². The number of hydrogen-bond acceptors (Lipinski definition) is 2. The van der Waals surface area contributed by atoms with Crippen LogP contribution in [0.3, 0.4) is 0 Å². The van der Waals surface area contributed by atoms with Gasteiger partial charge < -0.3 is 9.47 Å². The molecule has 2 heterocycles. The number of rotatable bonds is 4. The first-order valence-corrected chi connectivity index (χ1v) is 10.5. The Kier molecular flexibility index (Phi) is 4.62. The topological polar surface area (TPSA) is 38.1 Å². The molecule has 1 saturated heterocycles. The van der Waals surface area contributed by atoms with Crippen molar-refractivity contribution in [3.63, 3.8) is 0 Å². The van der Waals surface area contributed by atoms with Crippen LogP contribution in [0.15, 0.2) is 72.8 Å². The van der Waals surface area contributed by atoms with Crippen LogP contribution in [0.2, 0.25) is 0 Å². The molecule has 1 aliphatic heterocycles. The summed E-state index contributed by atoms with van der Waals surface area (Å²) in [6.07, 6.45) is 0.492. The summed E-state index contributed by atoms with van der Waals surface area (Å²) in [7, 11) is 0. The zero-order valence-corrected chi connectivity index (χ0v) is 17.4. The van der Waals surface area contributed by atoms with Gasteiger partial charge in [0, 0.05) is 31.1 Å². The number of hydrogen-bond donors (Lipinski definition) is 0. The number of carbonyl (C=O) groups is 1. The van der Waals surface area contributed by atoms with E-state index in [0.29, 0.717) is 13.0 Å². The minimum Gasteiger partial charge on any atom is -0.323 e. The molecule has 150 valence electrons. The average molecular weight is 396 g/mol. The van der Waals surface area contributed by atoms with Gasteiger partial charge in [0.2, 0.25) is 5.91 Å². The van der Waals surface area contributed by atoms with E-state index in [2.05, 4.69) is 66.9 Å². The highest BCUT2D eigenvalue weighted by molar-refractivity contribution is 5.97. The molecule has 1 fully saturated rings. The third-order valence-corrected chi connectivity index (χ3v) is 6.00. The van der Waals surface area contributed by atoms with Gasteiger partial charge in [-0.05, 0) is 43.2 Å². The molecule has 0 saturated carbocycles. The molecule has 0 spiro atoms. The Morgan fingerprint density at radius 3 is 2.60 bits per heavy atom. The molecule has 0 aliphatic carbocycles. The van der Waals surface area contributed by atoms with Crippen molar-refractivity contribution >= 4 is 22.6 Å². The second-order valence-corrected chi connectivity index (χ2v) is 8.23. The van der Waals surface area contributed by atoms with Crippen molar-refractivity contribution in [2.45, 2.75) is 32.7 Å². The van der Waals surface area contributed by atoms with E-state index in [4.69, 9.17) is 4.98 Å². The summed E-state index contributed by atoms with van der Waals surface area (Å²) >= 11 is 0. The fourth-order valence-corrected chi connectivity index (χ4v) is 4.54. The Bertz CT molecular complexity index is 1240. The highest BCUT2D eigenvalue weighted by atomic mass is 16.2. The molecule has 0 radical (unpaired) electrons. The van der Waals surface area contributed by atoms with E-state index in [1.54, 1.807) is 0 Å². The molecule has 4 nitrogen and oxygen atoms in total. The molecule has 3 aromatic carbocycles. The van der Waals surface area contributed by atoms with Crippen LogP contribution < -0.4 is 4.90 Å². The number of aromatic nitrogens is 2. The Morgan fingerprint density at radius 1 is 0.967 bits per heavy atom. The van der Waals surface area contributed by atoms with Crippen molar-refractivity contribution in [2.24, 2.45) is 0 Å². The molecule has 4 aromatic rings. The van der Waals surface area contributed by atoms with Crippen LogP contribution in [0.4, 0.5) is 5.69 Å². The highest BCUT2D eigenvalue weighted by Gasteiger charge is 2.35. The third-order valence-electron chi connectivity index (χ3n) is 6.00. The fourth-order valence-electron chi connectivity index (χ4n) is 4.54. The molecular weight excluding hydrogens is 370 g/mol. The second kappa shape index (κ2) is 7.45. The lowest BCUT2D eigenvalue weighted by molar-refractivity contribution is -0.117. The largest absolute Gasteiger partial charge is 0.323 e. The van der Waals surface area contributed by atoms with E-state index in [1.165, 1.54) is 11.1 Å². The maximum Gasteiger partial charge on any atom is 0.227 e. The van der Waals surface area contributed by atoms with Gasteiger partial charge in [-0.2, -0.15) is 0 Å². The van der Waals surface area contributed by atoms with E-state index in [0.717, 1.165) is 34.7 Å². The van der Waals surface area contributed by atoms with Crippen molar-refractivity contribution in [2.75, 3.05) is 11.4 Å². The first-order valence-electron chi connectivity index (χ1n) is 10.5. The van der Waals surface area contributed by atoms with Crippen LogP contribution in [0.1, 0.15) is 34.9 Å². The summed E-state index contributed by atoms with van der Waals surface area (Å²) in [4.78, 5) is 19.8. The van der Waals surface area contributed by atoms with Crippen LogP contribution in [0.25, 0.3) is 11.0 Å². The van der Waals surface area contributed by atoms with Crippen LogP contribution in [-0.2, 0) is 11.3 Å². The zero-order chi connectivity index (χ0) is 20.7. The van der Waals surface area contributed by atoms with Crippen molar-refractivity contribution in [1.82, 2.24) is 9.55 Å². The molecule has 1 amide bonds. The Hall–Kier alpha value is -3.40. The predicted octanol–water partition coefficient (Wildman–Crippen LogP) is 5.22. The first kappa shape index (κ1) is 18.6. The smallest absolute Gasteiger partial charge is 0.227 e. The van der Waals surface area contributed by atoms with Gasteiger partial charge in [0.1, 0.15) is 5.82 Å². The number of para-hydroxylation sites is 3.